The fourth-order valence-corrected chi connectivity index (χ4v) is 2.33. The summed E-state index contributed by atoms with van der Waals surface area (Å²) in [5, 5.41) is 4.92. The Morgan fingerprint density at radius 3 is 2.59 bits per heavy atom. The van der Waals surface area contributed by atoms with Gasteiger partial charge in [0.1, 0.15) is 0 Å². The lowest BCUT2D eigenvalue weighted by Crippen LogP contribution is -2.22. The number of carbonyl (C=O) groups is 1. The first kappa shape index (κ1) is 11.7. The molecule has 0 saturated heterocycles. The van der Waals surface area contributed by atoms with Crippen LogP contribution >= 0.6 is 11.3 Å². The van der Waals surface area contributed by atoms with Gasteiger partial charge < -0.3 is 11.1 Å². The van der Waals surface area contributed by atoms with Gasteiger partial charge in [-0.15, -0.1) is 11.3 Å². The monoisotopic (exact) mass is 246 g/mol. The molecule has 1 aromatic heterocycles. The Kier molecular flexibility index (Phi) is 3.44. The third-order valence-corrected chi connectivity index (χ3v) is 3.57. The molecule has 0 bridgehead atoms. The van der Waals surface area contributed by atoms with E-state index in [1.54, 1.807) is 35.6 Å². The van der Waals surface area contributed by atoms with Crippen LogP contribution in [0.15, 0.2) is 35.7 Å². The largest absolute Gasteiger partial charge is 0.399 e. The van der Waals surface area contributed by atoms with Crippen LogP contribution in [0.3, 0.4) is 0 Å². The fourth-order valence-electron chi connectivity index (χ4n) is 1.48. The number of hydrogen-bond donors (Lipinski definition) is 2. The number of benzene rings is 1. The van der Waals surface area contributed by atoms with Crippen molar-refractivity contribution in [2.24, 2.45) is 0 Å². The van der Waals surface area contributed by atoms with Crippen molar-refractivity contribution in [3.63, 3.8) is 0 Å². The first-order valence-corrected chi connectivity index (χ1v) is 6.21. The number of amides is 1. The minimum Gasteiger partial charge on any atom is -0.399 e. The summed E-state index contributed by atoms with van der Waals surface area (Å²) in [6.07, 6.45) is 0. The molecule has 0 fully saturated rings. The second kappa shape index (κ2) is 5.01. The Balaban J connectivity index is 1.98. The molecule has 3 nitrogen and oxygen atoms in total. The van der Waals surface area contributed by atoms with E-state index < -0.39 is 0 Å². The highest BCUT2D eigenvalue weighted by Gasteiger charge is 2.06. The Morgan fingerprint density at radius 2 is 2.00 bits per heavy atom. The molecule has 2 rings (SSSR count). The van der Waals surface area contributed by atoms with Crippen molar-refractivity contribution >= 4 is 22.9 Å². The van der Waals surface area contributed by atoms with E-state index in [1.165, 1.54) is 10.4 Å². The lowest BCUT2D eigenvalue weighted by Gasteiger charge is -2.05. The molecule has 3 N–H and O–H groups in total. The summed E-state index contributed by atoms with van der Waals surface area (Å²) in [6.45, 7) is 2.62. The van der Waals surface area contributed by atoms with E-state index in [4.69, 9.17) is 5.73 Å². The van der Waals surface area contributed by atoms with Gasteiger partial charge in [-0.25, -0.2) is 0 Å². The van der Waals surface area contributed by atoms with Gasteiger partial charge in [0.05, 0.1) is 6.54 Å². The predicted molar refractivity (Wildman–Crippen MR) is 71.1 cm³/mol. The van der Waals surface area contributed by atoms with Crippen molar-refractivity contribution in [3.05, 3.63) is 51.7 Å². The number of thiophene rings is 1. The summed E-state index contributed by atoms with van der Waals surface area (Å²) < 4.78 is 0. The lowest BCUT2D eigenvalue weighted by atomic mass is 10.2. The van der Waals surface area contributed by atoms with Crippen molar-refractivity contribution in [1.29, 1.82) is 0 Å². The van der Waals surface area contributed by atoms with Crippen molar-refractivity contribution < 1.29 is 4.79 Å². The first-order chi connectivity index (χ1) is 8.16. The van der Waals surface area contributed by atoms with E-state index in [2.05, 4.69) is 11.4 Å². The zero-order chi connectivity index (χ0) is 12.3. The maximum atomic E-state index is 11.8. The number of aryl methyl sites for hydroxylation is 1. The lowest BCUT2D eigenvalue weighted by molar-refractivity contribution is 0.0951. The number of nitrogens with two attached hydrogens (primary N) is 1. The Morgan fingerprint density at radius 1 is 1.29 bits per heavy atom. The van der Waals surface area contributed by atoms with Gasteiger partial charge in [0.2, 0.25) is 0 Å². The molecular weight excluding hydrogens is 232 g/mol. The second-order valence-electron chi connectivity index (χ2n) is 3.83. The molecule has 0 radical (unpaired) electrons. The zero-order valence-corrected chi connectivity index (χ0v) is 10.4. The minimum absolute atomic E-state index is 0.0715. The quantitative estimate of drug-likeness (QED) is 0.818. The summed E-state index contributed by atoms with van der Waals surface area (Å²) in [5.74, 6) is -0.0715. The van der Waals surface area contributed by atoms with Gasteiger partial charge in [0.15, 0.2) is 0 Å². The number of nitrogens with one attached hydrogen (secondary N) is 1. The standard InChI is InChI=1S/C13H14N2OS/c1-9-6-7-17-12(9)8-15-13(16)10-2-4-11(14)5-3-10/h2-7H,8,14H2,1H3,(H,15,16). The third kappa shape index (κ3) is 2.85. The van der Waals surface area contributed by atoms with Crippen LogP contribution in [-0.4, -0.2) is 5.91 Å². The van der Waals surface area contributed by atoms with E-state index in [9.17, 15) is 4.79 Å². The molecular formula is C13H14N2OS. The van der Waals surface area contributed by atoms with Gasteiger partial charge in [-0.05, 0) is 48.2 Å². The van der Waals surface area contributed by atoms with Crippen molar-refractivity contribution in [2.45, 2.75) is 13.5 Å². The molecule has 0 saturated carbocycles. The van der Waals surface area contributed by atoms with Gasteiger partial charge >= 0.3 is 0 Å². The van der Waals surface area contributed by atoms with Crippen LogP contribution in [0.25, 0.3) is 0 Å². The molecule has 4 heteroatoms. The Bertz CT molecular complexity index is 516. The predicted octanol–water partition coefficient (Wildman–Crippen LogP) is 2.57. The van der Waals surface area contributed by atoms with Crippen LogP contribution < -0.4 is 11.1 Å². The highest BCUT2D eigenvalue weighted by molar-refractivity contribution is 7.10. The maximum absolute atomic E-state index is 11.8. The van der Waals surface area contributed by atoms with Crippen molar-refractivity contribution in [3.8, 4) is 0 Å². The fraction of sp³-hybridized carbons (Fsp3) is 0.154. The molecule has 0 aliphatic carbocycles. The van der Waals surface area contributed by atoms with Crippen LogP contribution in [0.4, 0.5) is 5.69 Å². The smallest absolute Gasteiger partial charge is 0.251 e. The molecule has 0 unspecified atom stereocenters. The highest BCUT2D eigenvalue weighted by Crippen LogP contribution is 2.15. The molecule has 88 valence electrons. The molecule has 1 heterocycles. The summed E-state index contributed by atoms with van der Waals surface area (Å²) >= 11 is 1.65. The van der Waals surface area contributed by atoms with Gasteiger partial charge in [0, 0.05) is 16.1 Å². The van der Waals surface area contributed by atoms with E-state index >= 15 is 0 Å². The van der Waals surface area contributed by atoms with E-state index in [0.717, 1.165) is 0 Å². The zero-order valence-electron chi connectivity index (χ0n) is 9.57. The summed E-state index contributed by atoms with van der Waals surface area (Å²) in [7, 11) is 0. The molecule has 0 aliphatic heterocycles. The number of anilines is 1. The first-order valence-electron chi connectivity index (χ1n) is 5.33. The van der Waals surface area contributed by atoms with Gasteiger partial charge in [-0.2, -0.15) is 0 Å². The number of hydrogen-bond acceptors (Lipinski definition) is 3. The molecule has 17 heavy (non-hydrogen) atoms. The average molecular weight is 246 g/mol. The maximum Gasteiger partial charge on any atom is 0.251 e. The summed E-state index contributed by atoms with van der Waals surface area (Å²) in [6, 6.07) is 8.96. The minimum atomic E-state index is -0.0715. The normalized spacial score (nSPS) is 10.2. The van der Waals surface area contributed by atoms with Gasteiger partial charge in [-0.3, -0.25) is 4.79 Å². The average Bonchev–Trinajstić information content (AvgIpc) is 2.73. The SMILES string of the molecule is Cc1ccsc1CNC(=O)c1ccc(N)cc1. The molecule has 2 aromatic rings. The summed E-state index contributed by atoms with van der Waals surface area (Å²) in [4.78, 5) is 13.0. The van der Waals surface area contributed by atoms with Crippen LogP contribution in [0.2, 0.25) is 0 Å². The molecule has 0 atom stereocenters. The van der Waals surface area contributed by atoms with Gasteiger partial charge in [0.25, 0.3) is 5.91 Å². The van der Waals surface area contributed by atoms with Crippen LogP contribution in [0.1, 0.15) is 20.8 Å². The van der Waals surface area contributed by atoms with Crippen molar-refractivity contribution in [2.75, 3.05) is 5.73 Å². The van der Waals surface area contributed by atoms with Crippen LogP contribution in [0.5, 0.6) is 0 Å². The number of nitrogen functional groups attached to an aromatic ring is 1. The Hall–Kier alpha value is -1.81. The molecule has 0 aliphatic rings. The number of carbonyl (C=O) groups excluding carboxylic acids is 1. The highest BCUT2D eigenvalue weighted by atomic mass is 32.1. The van der Waals surface area contributed by atoms with Crippen molar-refractivity contribution in [1.82, 2.24) is 5.32 Å². The molecule has 1 amide bonds. The van der Waals surface area contributed by atoms with E-state index in [1.807, 2.05) is 12.3 Å². The topological polar surface area (TPSA) is 55.1 Å². The van der Waals surface area contributed by atoms with E-state index in [0.29, 0.717) is 17.8 Å². The van der Waals surface area contributed by atoms with Crippen LogP contribution in [0, 0.1) is 6.92 Å². The van der Waals surface area contributed by atoms with Crippen LogP contribution in [-0.2, 0) is 6.54 Å². The Labute approximate surface area is 104 Å². The molecule has 1 aromatic carbocycles. The number of rotatable bonds is 3. The second-order valence-corrected chi connectivity index (χ2v) is 4.83. The molecule has 0 spiro atoms. The summed E-state index contributed by atoms with van der Waals surface area (Å²) in [5.41, 5.74) is 8.08. The third-order valence-electron chi connectivity index (χ3n) is 2.55. The van der Waals surface area contributed by atoms with E-state index in [-0.39, 0.29) is 5.91 Å². The van der Waals surface area contributed by atoms with Gasteiger partial charge in [-0.1, -0.05) is 0 Å².